The van der Waals surface area contributed by atoms with Crippen LogP contribution in [0.5, 0.6) is 0 Å². The topological polar surface area (TPSA) is 53.3 Å². The molecule has 0 N–H and O–H groups in total. The summed E-state index contributed by atoms with van der Waals surface area (Å²) >= 11 is 1.98. The van der Waals surface area contributed by atoms with Gasteiger partial charge in [0, 0.05) is 13.0 Å². The van der Waals surface area contributed by atoms with Crippen molar-refractivity contribution in [1.29, 1.82) is 5.26 Å². The molecule has 0 aromatic rings. The zero-order chi connectivity index (χ0) is 12.1. The van der Waals surface area contributed by atoms with Gasteiger partial charge in [-0.1, -0.05) is 0 Å². The summed E-state index contributed by atoms with van der Waals surface area (Å²) in [5, 5.41) is 8.80. The maximum absolute atomic E-state index is 12.1. The Kier molecular flexibility index (Phi) is 4.69. The molecular formula is C12H18N2O2S. The maximum Gasteiger partial charge on any atom is 0.223 e. The molecule has 0 saturated carbocycles. The first-order valence-electron chi connectivity index (χ1n) is 6.16. The number of nitrogens with zero attached hydrogens (tertiary/aromatic N) is 2. The highest BCUT2D eigenvalue weighted by Gasteiger charge is 2.26. The van der Waals surface area contributed by atoms with E-state index in [-0.39, 0.29) is 5.91 Å². The number of hydrogen-bond acceptors (Lipinski definition) is 4. The first-order chi connectivity index (χ1) is 8.29. The lowest BCUT2D eigenvalue weighted by molar-refractivity contribution is -0.138. The van der Waals surface area contributed by atoms with Crippen molar-refractivity contribution in [3.63, 3.8) is 0 Å². The highest BCUT2D eigenvalue weighted by atomic mass is 32.2. The van der Waals surface area contributed by atoms with Crippen molar-refractivity contribution in [2.75, 3.05) is 31.2 Å². The average molecular weight is 254 g/mol. The normalized spacial score (nSPS) is 26.5. The zero-order valence-corrected chi connectivity index (χ0v) is 10.7. The second kappa shape index (κ2) is 6.27. The molecule has 2 fully saturated rings. The van der Waals surface area contributed by atoms with E-state index in [1.165, 1.54) is 11.5 Å². The van der Waals surface area contributed by atoms with Crippen LogP contribution in [0.2, 0.25) is 0 Å². The maximum atomic E-state index is 12.1. The van der Waals surface area contributed by atoms with Crippen molar-refractivity contribution in [3.05, 3.63) is 0 Å². The minimum Gasteiger partial charge on any atom is -0.360 e. The second-order valence-corrected chi connectivity index (χ2v) is 5.81. The van der Waals surface area contributed by atoms with Crippen molar-refractivity contribution >= 4 is 17.7 Å². The number of carbonyl (C=O) groups excluding carboxylic acids is 1. The lowest BCUT2D eigenvalue weighted by atomic mass is 9.98. The summed E-state index contributed by atoms with van der Waals surface area (Å²) in [5.74, 6) is 3.11. The summed E-state index contributed by atoms with van der Waals surface area (Å²) in [6, 6.07) is 2.07. The van der Waals surface area contributed by atoms with E-state index in [0.717, 1.165) is 12.8 Å². The van der Waals surface area contributed by atoms with Crippen LogP contribution in [0.3, 0.4) is 0 Å². The van der Waals surface area contributed by atoms with Gasteiger partial charge in [-0.05, 0) is 30.3 Å². The molecule has 0 aliphatic carbocycles. The SMILES string of the molecule is N#CC1CN(C(=O)CC2CCSCC2)CCO1. The Morgan fingerprint density at radius 3 is 2.94 bits per heavy atom. The van der Waals surface area contributed by atoms with Crippen molar-refractivity contribution in [2.45, 2.75) is 25.4 Å². The summed E-state index contributed by atoms with van der Waals surface area (Å²) in [6.07, 6.45) is 2.53. The fourth-order valence-corrected chi connectivity index (χ4v) is 3.48. The van der Waals surface area contributed by atoms with Gasteiger partial charge in [-0.2, -0.15) is 17.0 Å². The molecule has 2 aliphatic heterocycles. The molecule has 2 saturated heterocycles. The predicted molar refractivity (Wildman–Crippen MR) is 66.6 cm³/mol. The summed E-state index contributed by atoms with van der Waals surface area (Å²) in [7, 11) is 0. The molecule has 94 valence electrons. The predicted octanol–water partition coefficient (Wildman–Crippen LogP) is 1.27. The fraction of sp³-hybridized carbons (Fsp3) is 0.833. The number of hydrogen-bond donors (Lipinski definition) is 0. The number of rotatable bonds is 2. The van der Waals surface area contributed by atoms with Crippen molar-refractivity contribution in [2.24, 2.45) is 5.92 Å². The van der Waals surface area contributed by atoms with E-state index in [2.05, 4.69) is 6.07 Å². The molecule has 1 amide bonds. The Morgan fingerprint density at radius 2 is 2.24 bits per heavy atom. The van der Waals surface area contributed by atoms with E-state index in [1.807, 2.05) is 11.8 Å². The van der Waals surface area contributed by atoms with Gasteiger partial charge in [0.15, 0.2) is 6.10 Å². The highest BCUT2D eigenvalue weighted by Crippen LogP contribution is 2.26. The number of amides is 1. The third-order valence-electron chi connectivity index (χ3n) is 3.37. The van der Waals surface area contributed by atoms with Crippen LogP contribution in [-0.2, 0) is 9.53 Å². The molecule has 0 aromatic carbocycles. The van der Waals surface area contributed by atoms with E-state index in [4.69, 9.17) is 10.00 Å². The van der Waals surface area contributed by atoms with Crippen LogP contribution >= 0.6 is 11.8 Å². The Balaban J connectivity index is 1.80. The van der Waals surface area contributed by atoms with Gasteiger partial charge in [0.25, 0.3) is 0 Å². The molecular weight excluding hydrogens is 236 g/mol. The minimum atomic E-state index is -0.436. The number of carbonyl (C=O) groups is 1. The molecule has 0 radical (unpaired) electrons. The first-order valence-corrected chi connectivity index (χ1v) is 7.32. The first kappa shape index (κ1) is 12.7. The zero-order valence-electron chi connectivity index (χ0n) is 9.93. The molecule has 2 aliphatic rings. The van der Waals surface area contributed by atoms with Crippen LogP contribution in [0.1, 0.15) is 19.3 Å². The average Bonchev–Trinajstić information content (AvgIpc) is 2.40. The van der Waals surface area contributed by atoms with E-state index in [9.17, 15) is 4.79 Å². The summed E-state index contributed by atoms with van der Waals surface area (Å²) < 4.78 is 5.24. The van der Waals surface area contributed by atoms with Crippen LogP contribution in [0.25, 0.3) is 0 Å². The molecule has 2 heterocycles. The molecule has 0 bridgehead atoms. The van der Waals surface area contributed by atoms with Gasteiger partial charge >= 0.3 is 0 Å². The second-order valence-electron chi connectivity index (χ2n) is 4.59. The van der Waals surface area contributed by atoms with Gasteiger partial charge in [-0.25, -0.2) is 0 Å². The summed E-state index contributed by atoms with van der Waals surface area (Å²) in [5.41, 5.74) is 0. The molecule has 1 atom stereocenters. The number of thioether (sulfide) groups is 1. The molecule has 4 nitrogen and oxygen atoms in total. The third-order valence-corrected chi connectivity index (χ3v) is 4.42. The van der Waals surface area contributed by atoms with Crippen LogP contribution < -0.4 is 0 Å². The standard InChI is InChI=1S/C12H18N2O2S/c13-8-11-9-14(3-4-16-11)12(15)7-10-1-5-17-6-2-10/h10-11H,1-7,9H2. The number of morpholine rings is 1. The van der Waals surface area contributed by atoms with Gasteiger partial charge in [-0.15, -0.1) is 0 Å². The van der Waals surface area contributed by atoms with Gasteiger partial charge in [0.2, 0.25) is 5.91 Å². The van der Waals surface area contributed by atoms with Crippen molar-refractivity contribution in [3.8, 4) is 6.07 Å². The molecule has 1 unspecified atom stereocenters. The number of nitriles is 1. The largest absolute Gasteiger partial charge is 0.360 e. The lowest BCUT2D eigenvalue weighted by Crippen LogP contribution is -2.45. The van der Waals surface area contributed by atoms with Gasteiger partial charge in [-0.3, -0.25) is 4.79 Å². The van der Waals surface area contributed by atoms with E-state index in [1.54, 1.807) is 4.90 Å². The molecule has 0 spiro atoms. The van der Waals surface area contributed by atoms with Crippen molar-refractivity contribution in [1.82, 2.24) is 4.90 Å². The van der Waals surface area contributed by atoms with Crippen LogP contribution in [0, 0.1) is 17.2 Å². The lowest BCUT2D eigenvalue weighted by Gasteiger charge is -2.31. The molecule has 0 aromatic heterocycles. The summed E-state index contributed by atoms with van der Waals surface area (Å²) in [4.78, 5) is 13.9. The molecule has 2 rings (SSSR count). The van der Waals surface area contributed by atoms with Gasteiger partial charge in [0.1, 0.15) is 0 Å². The number of ether oxygens (including phenoxy) is 1. The van der Waals surface area contributed by atoms with Crippen LogP contribution in [0.15, 0.2) is 0 Å². The molecule has 17 heavy (non-hydrogen) atoms. The Bertz CT molecular complexity index is 310. The van der Waals surface area contributed by atoms with Crippen LogP contribution in [0.4, 0.5) is 0 Å². The van der Waals surface area contributed by atoms with E-state index >= 15 is 0 Å². The molecule has 5 heteroatoms. The summed E-state index contributed by atoms with van der Waals surface area (Å²) in [6.45, 7) is 1.57. The van der Waals surface area contributed by atoms with Crippen LogP contribution in [-0.4, -0.2) is 48.1 Å². The minimum absolute atomic E-state index is 0.199. The Hall–Kier alpha value is -0.730. The van der Waals surface area contributed by atoms with E-state index < -0.39 is 6.10 Å². The smallest absolute Gasteiger partial charge is 0.223 e. The van der Waals surface area contributed by atoms with E-state index in [0.29, 0.717) is 32.0 Å². The Morgan fingerprint density at radius 1 is 1.47 bits per heavy atom. The third kappa shape index (κ3) is 3.62. The Labute approximate surface area is 106 Å². The van der Waals surface area contributed by atoms with Crippen molar-refractivity contribution < 1.29 is 9.53 Å². The monoisotopic (exact) mass is 254 g/mol. The highest BCUT2D eigenvalue weighted by molar-refractivity contribution is 7.99. The quantitative estimate of drug-likeness (QED) is 0.744. The van der Waals surface area contributed by atoms with Gasteiger partial charge < -0.3 is 9.64 Å². The fourth-order valence-electron chi connectivity index (χ4n) is 2.28. The van der Waals surface area contributed by atoms with Gasteiger partial charge in [0.05, 0.1) is 19.2 Å².